The Kier molecular flexibility index (Phi) is 7.09. The summed E-state index contributed by atoms with van der Waals surface area (Å²) in [6, 6.07) is 9.60. The topological polar surface area (TPSA) is 70.2 Å². The van der Waals surface area contributed by atoms with Crippen molar-refractivity contribution in [2.75, 3.05) is 6.54 Å². The van der Waals surface area contributed by atoms with Crippen LogP contribution < -0.4 is 16.0 Å². The van der Waals surface area contributed by atoms with Gasteiger partial charge in [0, 0.05) is 12.6 Å². The highest BCUT2D eigenvalue weighted by Crippen LogP contribution is 2.19. The Morgan fingerprint density at radius 2 is 1.67 bits per heavy atom. The second kappa shape index (κ2) is 9.30. The molecule has 2 atom stereocenters. The Hall–Kier alpha value is -2.04. The van der Waals surface area contributed by atoms with E-state index in [0.29, 0.717) is 18.9 Å². The number of urea groups is 1. The quantitative estimate of drug-likeness (QED) is 0.750. The van der Waals surface area contributed by atoms with Crippen LogP contribution in [0.3, 0.4) is 0 Å². The number of hydrogen-bond acceptors (Lipinski definition) is 2. The molecule has 5 heteroatoms. The average Bonchev–Trinajstić information content (AvgIpc) is 2.55. The molecule has 2 rings (SSSR count). The number of hydrogen-bond donors (Lipinski definition) is 3. The maximum absolute atomic E-state index is 12.3. The highest BCUT2D eigenvalue weighted by atomic mass is 16.2. The van der Waals surface area contributed by atoms with Crippen molar-refractivity contribution < 1.29 is 9.59 Å². The van der Waals surface area contributed by atoms with E-state index in [2.05, 4.69) is 29.8 Å². The molecule has 132 valence electrons. The molecule has 1 aliphatic carbocycles. The molecular weight excluding hydrogens is 302 g/mol. The van der Waals surface area contributed by atoms with Crippen LogP contribution in [0.25, 0.3) is 0 Å². The lowest BCUT2D eigenvalue weighted by Crippen LogP contribution is -2.55. The van der Waals surface area contributed by atoms with Crippen molar-refractivity contribution in [2.45, 2.75) is 58.0 Å². The monoisotopic (exact) mass is 331 g/mol. The summed E-state index contributed by atoms with van der Waals surface area (Å²) in [5, 5.41) is 9.02. The van der Waals surface area contributed by atoms with Crippen LogP contribution in [0.1, 0.15) is 45.1 Å². The molecule has 0 spiro atoms. The zero-order valence-corrected chi connectivity index (χ0v) is 14.7. The Labute approximate surface area is 144 Å². The number of amides is 3. The third-order valence-corrected chi connectivity index (χ3v) is 4.31. The van der Waals surface area contributed by atoms with Gasteiger partial charge in [0.2, 0.25) is 5.91 Å². The van der Waals surface area contributed by atoms with E-state index in [-0.39, 0.29) is 24.0 Å². The Morgan fingerprint density at radius 3 is 2.29 bits per heavy atom. The molecule has 1 aliphatic rings. The maximum Gasteiger partial charge on any atom is 0.315 e. The van der Waals surface area contributed by atoms with Gasteiger partial charge in [-0.25, -0.2) is 4.79 Å². The minimum absolute atomic E-state index is 0.00522. The zero-order valence-electron chi connectivity index (χ0n) is 14.7. The van der Waals surface area contributed by atoms with E-state index in [1.165, 1.54) is 0 Å². The molecule has 1 aromatic carbocycles. The fourth-order valence-corrected chi connectivity index (χ4v) is 3.03. The number of carbonyl (C=O) groups is 2. The van der Waals surface area contributed by atoms with Crippen LogP contribution in [-0.4, -0.2) is 30.6 Å². The van der Waals surface area contributed by atoms with Gasteiger partial charge in [-0.15, -0.1) is 0 Å². The molecule has 0 aliphatic heterocycles. The van der Waals surface area contributed by atoms with Crippen molar-refractivity contribution in [3.8, 4) is 0 Å². The molecule has 0 bridgehead atoms. The average molecular weight is 331 g/mol. The van der Waals surface area contributed by atoms with Crippen molar-refractivity contribution in [2.24, 2.45) is 5.92 Å². The second-order valence-corrected chi connectivity index (χ2v) is 6.98. The van der Waals surface area contributed by atoms with E-state index >= 15 is 0 Å². The van der Waals surface area contributed by atoms with E-state index in [0.717, 1.165) is 31.2 Å². The van der Waals surface area contributed by atoms with Gasteiger partial charge >= 0.3 is 6.03 Å². The van der Waals surface area contributed by atoms with E-state index in [9.17, 15) is 9.59 Å². The number of nitrogens with one attached hydrogen (secondary N) is 3. The summed E-state index contributed by atoms with van der Waals surface area (Å²) in [4.78, 5) is 24.3. The van der Waals surface area contributed by atoms with E-state index in [1.54, 1.807) is 0 Å². The second-order valence-electron chi connectivity index (χ2n) is 6.98. The molecule has 1 fully saturated rings. The normalized spacial score (nSPS) is 20.5. The number of benzene rings is 1. The summed E-state index contributed by atoms with van der Waals surface area (Å²) in [5.74, 6) is 0.436. The summed E-state index contributed by atoms with van der Waals surface area (Å²) < 4.78 is 0. The molecule has 1 saturated carbocycles. The largest absolute Gasteiger partial charge is 0.351 e. The van der Waals surface area contributed by atoms with Crippen molar-refractivity contribution in [1.82, 2.24) is 16.0 Å². The van der Waals surface area contributed by atoms with Crippen LogP contribution in [0, 0.1) is 5.92 Å². The first-order valence-electron chi connectivity index (χ1n) is 8.92. The summed E-state index contributed by atoms with van der Waals surface area (Å²) in [5.41, 5.74) is 1.00. The van der Waals surface area contributed by atoms with Crippen LogP contribution in [0.4, 0.5) is 4.79 Å². The number of rotatable bonds is 6. The van der Waals surface area contributed by atoms with Crippen molar-refractivity contribution in [1.29, 1.82) is 0 Å². The van der Waals surface area contributed by atoms with Gasteiger partial charge in [-0.2, -0.15) is 0 Å². The first kappa shape index (κ1) is 18.3. The molecule has 0 heterocycles. The van der Waals surface area contributed by atoms with Crippen molar-refractivity contribution >= 4 is 11.9 Å². The van der Waals surface area contributed by atoms with Gasteiger partial charge in [0.1, 0.15) is 0 Å². The highest BCUT2D eigenvalue weighted by Gasteiger charge is 2.27. The standard InChI is InChI=1S/C19H29N3O2/c1-14(2)13-20-19(24)22-17-11-7-6-10-16(17)21-18(23)12-15-8-4-3-5-9-15/h3-5,8-9,14,16-17H,6-7,10-13H2,1-2H3,(H,21,23)(H2,20,22,24). The maximum atomic E-state index is 12.3. The molecular formula is C19H29N3O2. The smallest absolute Gasteiger partial charge is 0.315 e. The molecule has 0 aromatic heterocycles. The number of carbonyl (C=O) groups excluding carboxylic acids is 2. The van der Waals surface area contributed by atoms with Crippen LogP contribution in [0.5, 0.6) is 0 Å². The van der Waals surface area contributed by atoms with Gasteiger partial charge in [-0.1, -0.05) is 57.0 Å². The predicted molar refractivity (Wildman–Crippen MR) is 95.7 cm³/mol. The fourth-order valence-electron chi connectivity index (χ4n) is 3.03. The third-order valence-electron chi connectivity index (χ3n) is 4.31. The van der Waals surface area contributed by atoms with Gasteiger partial charge in [0.05, 0.1) is 12.5 Å². The Bertz CT molecular complexity index is 531. The minimum atomic E-state index is -0.141. The summed E-state index contributed by atoms with van der Waals surface area (Å²) in [7, 11) is 0. The summed E-state index contributed by atoms with van der Waals surface area (Å²) in [6.45, 7) is 4.78. The first-order chi connectivity index (χ1) is 11.5. The van der Waals surface area contributed by atoms with Gasteiger partial charge < -0.3 is 16.0 Å². The van der Waals surface area contributed by atoms with Gasteiger partial charge in [0.25, 0.3) is 0 Å². The van der Waals surface area contributed by atoms with Crippen molar-refractivity contribution in [3.05, 3.63) is 35.9 Å². The van der Waals surface area contributed by atoms with Gasteiger partial charge in [0.15, 0.2) is 0 Å². The molecule has 3 N–H and O–H groups in total. The zero-order chi connectivity index (χ0) is 17.4. The fraction of sp³-hybridized carbons (Fsp3) is 0.579. The lowest BCUT2D eigenvalue weighted by Gasteiger charge is -2.33. The SMILES string of the molecule is CC(C)CNC(=O)NC1CCCCC1NC(=O)Cc1ccccc1. The molecule has 3 amide bonds. The van der Waals surface area contributed by atoms with Crippen LogP contribution in [0.2, 0.25) is 0 Å². The summed E-state index contributed by atoms with van der Waals surface area (Å²) in [6.07, 6.45) is 4.37. The lowest BCUT2D eigenvalue weighted by molar-refractivity contribution is -0.121. The Morgan fingerprint density at radius 1 is 1.04 bits per heavy atom. The minimum Gasteiger partial charge on any atom is -0.351 e. The van der Waals surface area contributed by atoms with E-state index < -0.39 is 0 Å². The van der Waals surface area contributed by atoms with Crippen LogP contribution in [-0.2, 0) is 11.2 Å². The van der Waals surface area contributed by atoms with Gasteiger partial charge in [-0.3, -0.25) is 4.79 Å². The molecule has 0 saturated heterocycles. The van der Waals surface area contributed by atoms with Crippen LogP contribution >= 0.6 is 0 Å². The Balaban J connectivity index is 1.84. The molecule has 1 aromatic rings. The molecule has 5 nitrogen and oxygen atoms in total. The first-order valence-corrected chi connectivity index (χ1v) is 8.92. The molecule has 24 heavy (non-hydrogen) atoms. The third kappa shape index (κ3) is 6.22. The summed E-state index contributed by atoms with van der Waals surface area (Å²) >= 11 is 0. The predicted octanol–water partition coefficient (Wildman–Crippen LogP) is 2.61. The van der Waals surface area contributed by atoms with E-state index in [1.807, 2.05) is 30.3 Å². The highest BCUT2D eigenvalue weighted by molar-refractivity contribution is 5.79. The van der Waals surface area contributed by atoms with E-state index in [4.69, 9.17) is 0 Å². The lowest BCUT2D eigenvalue weighted by atomic mass is 9.90. The molecule has 0 radical (unpaired) electrons. The van der Waals surface area contributed by atoms with Crippen LogP contribution in [0.15, 0.2) is 30.3 Å². The molecule has 2 unspecified atom stereocenters. The van der Waals surface area contributed by atoms with Gasteiger partial charge in [-0.05, 0) is 24.3 Å². The van der Waals surface area contributed by atoms with Crippen molar-refractivity contribution in [3.63, 3.8) is 0 Å².